The molecule has 0 atom stereocenters. The van der Waals surface area contributed by atoms with Crippen molar-refractivity contribution in [3.05, 3.63) is 29.8 Å². The van der Waals surface area contributed by atoms with Gasteiger partial charge in [0.1, 0.15) is 0 Å². The van der Waals surface area contributed by atoms with Crippen LogP contribution >= 0.6 is 21.6 Å². The van der Waals surface area contributed by atoms with Crippen molar-refractivity contribution >= 4 is 33.2 Å². The van der Waals surface area contributed by atoms with Crippen LogP contribution in [0.5, 0.6) is 0 Å². The highest BCUT2D eigenvalue weighted by Gasteiger charge is 2.15. The molecule has 5 heteroatoms. The molecule has 1 aliphatic heterocycles. The number of anilines is 1. The van der Waals surface area contributed by atoms with Crippen molar-refractivity contribution in [3.8, 4) is 0 Å². The highest BCUT2D eigenvalue weighted by Crippen LogP contribution is 2.36. The molecule has 1 amide bonds. The number of unbranched alkanes of at least 4 members (excludes halogenated alkanes) is 1. The molecule has 1 aromatic carbocycles. The quantitative estimate of drug-likeness (QED) is 0.595. The van der Waals surface area contributed by atoms with Gasteiger partial charge in [0.15, 0.2) is 0 Å². The number of hydrogen-bond donors (Lipinski definition) is 2. The molecular weight excluding hydrogens is 290 g/mol. The Hall–Kier alpha value is -0.650. The van der Waals surface area contributed by atoms with Crippen LogP contribution in [0.1, 0.15) is 31.2 Å². The Morgan fingerprint density at radius 3 is 2.55 bits per heavy atom. The molecule has 0 saturated carbocycles. The summed E-state index contributed by atoms with van der Waals surface area (Å²) in [6.45, 7) is 0.0337. The molecule has 1 aromatic rings. The van der Waals surface area contributed by atoms with E-state index in [1.807, 2.05) is 45.9 Å². The van der Waals surface area contributed by atoms with Crippen LogP contribution in [0.3, 0.4) is 0 Å². The number of aliphatic hydroxyl groups excluding tert-OH is 1. The van der Waals surface area contributed by atoms with Gasteiger partial charge in [-0.1, -0.05) is 40.1 Å². The first-order valence-electron chi connectivity index (χ1n) is 7.02. The lowest BCUT2D eigenvalue weighted by molar-refractivity contribution is -0.116. The smallest absolute Gasteiger partial charge is 0.224 e. The molecule has 1 fully saturated rings. The largest absolute Gasteiger partial charge is 0.392 e. The topological polar surface area (TPSA) is 49.3 Å². The zero-order chi connectivity index (χ0) is 14.2. The van der Waals surface area contributed by atoms with E-state index in [4.69, 9.17) is 5.11 Å². The van der Waals surface area contributed by atoms with E-state index >= 15 is 0 Å². The number of benzene rings is 1. The summed E-state index contributed by atoms with van der Waals surface area (Å²) in [5.41, 5.74) is 1.66. The van der Waals surface area contributed by atoms with Gasteiger partial charge in [-0.15, -0.1) is 0 Å². The summed E-state index contributed by atoms with van der Waals surface area (Å²) >= 11 is 0. The molecule has 1 aliphatic rings. The van der Waals surface area contributed by atoms with Gasteiger partial charge in [0, 0.05) is 23.6 Å². The van der Waals surface area contributed by atoms with E-state index in [0.717, 1.165) is 30.0 Å². The Labute approximate surface area is 128 Å². The highest BCUT2D eigenvalue weighted by atomic mass is 33.1. The van der Waals surface area contributed by atoms with E-state index in [0.29, 0.717) is 6.42 Å². The van der Waals surface area contributed by atoms with Crippen molar-refractivity contribution in [2.45, 2.75) is 32.3 Å². The van der Waals surface area contributed by atoms with Gasteiger partial charge in [-0.25, -0.2) is 0 Å². The second-order valence-electron chi connectivity index (χ2n) is 5.08. The lowest BCUT2D eigenvalue weighted by atomic mass is 10.0. The molecule has 1 saturated heterocycles. The van der Waals surface area contributed by atoms with Crippen LogP contribution < -0.4 is 5.32 Å². The fourth-order valence-electron chi connectivity index (χ4n) is 2.14. The van der Waals surface area contributed by atoms with Gasteiger partial charge in [0.05, 0.1) is 6.61 Å². The Morgan fingerprint density at radius 2 is 1.90 bits per heavy atom. The standard InChI is InChI=1S/C15H21NO2S2/c17-9-12-5-7-14(8-6-12)16-15(18)4-2-1-3-13-10-19-20-11-13/h5-8,13,17H,1-4,9-11H2,(H,16,18). The molecule has 3 nitrogen and oxygen atoms in total. The fraction of sp³-hybridized carbons (Fsp3) is 0.533. The second kappa shape index (κ2) is 8.60. The van der Waals surface area contributed by atoms with Crippen LogP contribution in [0.2, 0.25) is 0 Å². The first kappa shape index (κ1) is 15.7. The van der Waals surface area contributed by atoms with E-state index in [1.54, 1.807) is 0 Å². The van der Waals surface area contributed by atoms with E-state index in [1.165, 1.54) is 17.9 Å². The van der Waals surface area contributed by atoms with Gasteiger partial charge in [0.2, 0.25) is 5.91 Å². The number of rotatable bonds is 7. The average Bonchev–Trinajstić information content (AvgIpc) is 2.98. The lowest BCUT2D eigenvalue weighted by Gasteiger charge is -2.08. The SMILES string of the molecule is O=C(CCCCC1CSSC1)Nc1ccc(CO)cc1. The summed E-state index contributed by atoms with van der Waals surface area (Å²) in [5, 5.41) is 11.8. The minimum Gasteiger partial charge on any atom is -0.392 e. The van der Waals surface area contributed by atoms with Crippen molar-refractivity contribution in [2.75, 3.05) is 16.8 Å². The summed E-state index contributed by atoms with van der Waals surface area (Å²) in [5.74, 6) is 3.47. The van der Waals surface area contributed by atoms with E-state index in [9.17, 15) is 4.79 Å². The van der Waals surface area contributed by atoms with Crippen molar-refractivity contribution in [1.82, 2.24) is 0 Å². The summed E-state index contributed by atoms with van der Waals surface area (Å²) in [6.07, 6.45) is 3.95. The van der Waals surface area contributed by atoms with Gasteiger partial charge >= 0.3 is 0 Å². The predicted octanol–water partition coefficient (Wildman–Crippen LogP) is 3.69. The highest BCUT2D eigenvalue weighted by molar-refractivity contribution is 8.77. The maximum absolute atomic E-state index is 11.8. The minimum atomic E-state index is 0.0337. The van der Waals surface area contributed by atoms with Gasteiger partial charge in [0.25, 0.3) is 0 Å². The summed E-state index contributed by atoms with van der Waals surface area (Å²) < 4.78 is 0. The molecule has 2 rings (SSSR count). The molecule has 1 heterocycles. The summed E-state index contributed by atoms with van der Waals surface area (Å²) in [7, 11) is 3.94. The molecular formula is C15H21NO2S2. The molecule has 20 heavy (non-hydrogen) atoms. The van der Waals surface area contributed by atoms with Crippen molar-refractivity contribution in [1.29, 1.82) is 0 Å². The molecule has 0 aliphatic carbocycles. The first-order chi connectivity index (χ1) is 9.78. The summed E-state index contributed by atoms with van der Waals surface area (Å²) in [4.78, 5) is 11.8. The monoisotopic (exact) mass is 311 g/mol. The first-order valence-corrected chi connectivity index (χ1v) is 9.51. The van der Waals surface area contributed by atoms with Gasteiger partial charge < -0.3 is 10.4 Å². The molecule has 110 valence electrons. The van der Waals surface area contributed by atoms with Crippen molar-refractivity contribution in [2.24, 2.45) is 5.92 Å². The molecule has 0 aromatic heterocycles. The van der Waals surface area contributed by atoms with Crippen LogP contribution in [-0.2, 0) is 11.4 Å². The number of nitrogens with one attached hydrogen (secondary N) is 1. The Balaban J connectivity index is 1.61. The van der Waals surface area contributed by atoms with Crippen LogP contribution in [0.4, 0.5) is 5.69 Å². The Kier molecular flexibility index (Phi) is 6.76. The van der Waals surface area contributed by atoms with Crippen LogP contribution in [-0.4, -0.2) is 22.5 Å². The van der Waals surface area contributed by atoms with E-state index in [2.05, 4.69) is 5.32 Å². The number of hydrogen-bond acceptors (Lipinski definition) is 4. The van der Waals surface area contributed by atoms with Gasteiger partial charge in [-0.3, -0.25) is 4.79 Å². The van der Waals surface area contributed by atoms with Crippen molar-refractivity contribution in [3.63, 3.8) is 0 Å². The van der Waals surface area contributed by atoms with Crippen LogP contribution in [0.15, 0.2) is 24.3 Å². The van der Waals surface area contributed by atoms with Crippen LogP contribution in [0.25, 0.3) is 0 Å². The number of carbonyl (C=O) groups is 1. The molecule has 0 spiro atoms. The third-order valence-electron chi connectivity index (χ3n) is 3.38. The number of aliphatic hydroxyl groups is 1. The number of amides is 1. The van der Waals surface area contributed by atoms with Gasteiger partial charge in [-0.2, -0.15) is 0 Å². The van der Waals surface area contributed by atoms with Gasteiger partial charge in [-0.05, 0) is 36.5 Å². The molecule has 2 N–H and O–H groups in total. The zero-order valence-corrected chi connectivity index (χ0v) is 13.1. The third-order valence-corrected chi connectivity index (χ3v) is 6.08. The second-order valence-corrected chi connectivity index (χ2v) is 7.64. The Bertz CT molecular complexity index is 416. The lowest BCUT2D eigenvalue weighted by Crippen LogP contribution is -2.11. The van der Waals surface area contributed by atoms with Crippen LogP contribution in [0, 0.1) is 5.92 Å². The van der Waals surface area contributed by atoms with E-state index < -0.39 is 0 Å². The minimum absolute atomic E-state index is 0.0337. The molecule has 0 unspecified atom stereocenters. The predicted molar refractivity (Wildman–Crippen MR) is 87.9 cm³/mol. The third kappa shape index (κ3) is 5.38. The normalized spacial score (nSPS) is 15.4. The summed E-state index contributed by atoms with van der Waals surface area (Å²) in [6, 6.07) is 7.31. The average molecular weight is 311 g/mol. The Morgan fingerprint density at radius 1 is 1.20 bits per heavy atom. The van der Waals surface area contributed by atoms with Crippen molar-refractivity contribution < 1.29 is 9.90 Å². The maximum Gasteiger partial charge on any atom is 0.224 e. The molecule has 0 radical (unpaired) electrons. The zero-order valence-electron chi connectivity index (χ0n) is 11.5. The fourth-order valence-corrected chi connectivity index (χ4v) is 5.17. The maximum atomic E-state index is 11.8. The number of carbonyl (C=O) groups excluding carboxylic acids is 1. The molecule has 0 bridgehead atoms. The van der Waals surface area contributed by atoms with E-state index in [-0.39, 0.29) is 12.5 Å².